The van der Waals surface area contributed by atoms with Crippen LogP contribution in [0.2, 0.25) is 0 Å². The van der Waals surface area contributed by atoms with Crippen molar-refractivity contribution in [3.8, 4) is 0 Å². The summed E-state index contributed by atoms with van der Waals surface area (Å²) in [5.41, 5.74) is 1.10. The molecule has 1 aromatic rings. The summed E-state index contributed by atoms with van der Waals surface area (Å²) in [5, 5.41) is 3.48. The second-order valence-corrected chi connectivity index (χ2v) is 6.87. The molecule has 4 nitrogen and oxygen atoms in total. The molecule has 20 heavy (non-hydrogen) atoms. The van der Waals surface area contributed by atoms with Gasteiger partial charge in [0.25, 0.3) is 0 Å². The first kappa shape index (κ1) is 15.4. The SMILES string of the molecule is CC1(C)CN(CCNCc2cccnc2)CC(C)(C)O1. The number of pyridine rings is 1. The minimum absolute atomic E-state index is 0.0644. The third-order valence-corrected chi connectivity index (χ3v) is 3.42. The summed E-state index contributed by atoms with van der Waals surface area (Å²) in [6, 6.07) is 4.07. The van der Waals surface area contributed by atoms with Gasteiger partial charge < -0.3 is 10.1 Å². The van der Waals surface area contributed by atoms with Gasteiger partial charge in [0.05, 0.1) is 11.2 Å². The Labute approximate surface area is 122 Å². The van der Waals surface area contributed by atoms with E-state index in [-0.39, 0.29) is 11.2 Å². The summed E-state index contributed by atoms with van der Waals surface area (Å²) in [6.45, 7) is 13.6. The van der Waals surface area contributed by atoms with Crippen molar-refractivity contribution in [3.05, 3.63) is 30.1 Å². The van der Waals surface area contributed by atoms with Gasteiger partial charge in [-0.3, -0.25) is 9.88 Å². The van der Waals surface area contributed by atoms with Crippen molar-refractivity contribution in [2.24, 2.45) is 0 Å². The minimum atomic E-state index is -0.0644. The normalized spacial score (nSPS) is 21.8. The van der Waals surface area contributed by atoms with E-state index in [9.17, 15) is 0 Å². The van der Waals surface area contributed by atoms with Gasteiger partial charge in [0, 0.05) is 45.1 Å². The summed E-state index contributed by atoms with van der Waals surface area (Å²) in [7, 11) is 0. The van der Waals surface area contributed by atoms with Crippen LogP contribution in [0, 0.1) is 0 Å². The molecule has 0 amide bonds. The number of hydrogen-bond donors (Lipinski definition) is 1. The number of rotatable bonds is 5. The summed E-state index contributed by atoms with van der Waals surface area (Å²) in [5.74, 6) is 0. The van der Waals surface area contributed by atoms with Crippen LogP contribution in [0.4, 0.5) is 0 Å². The fraction of sp³-hybridized carbons (Fsp3) is 0.688. The first-order chi connectivity index (χ1) is 9.36. The quantitative estimate of drug-likeness (QED) is 0.836. The second kappa shape index (κ2) is 6.20. The van der Waals surface area contributed by atoms with Crippen LogP contribution < -0.4 is 5.32 Å². The highest BCUT2D eigenvalue weighted by Gasteiger charge is 2.37. The van der Waals surface area contributed by atoms with Crippen molar-refractivity contribution in [2.75, 3.05) is 26.2 Å². The Morgan fingerprint density at radius 1 is 1.25 bits per heavy atom. The Balaban J connectivity index is 1.74. The molecule has 2 heterocycles. The lowest BCUT2D eigenvalue weighted by molar-refractivity contribution is -0.180. The maximum Gasteiger partial charge on any atom is 0.0760 e. The van der Waals surface area contributed by atoms with Crippen LogP contribution in [-0.4, -0.2) is 47.3 Å². The van der Waals surface area contributed by atoms with Crippen LogP contribution >= 0.6 is 0 Å². The van der Waals surface area contributed by atoms with Gasteiger partial charge in [0.15, 0.2) is 0 Å². The van der Waals surface area contributed by atoms with Crippen molar-refractivity contribution < 1.29 is 4.74 Å². The fourth-order valence-electron chi connectivity index (χ4n) is 3.08. The van der Waals surface area contributed by atoms with Crippen molar-refractivity contribution in [1.29, 1.82) is 0 Å². The molecule has 0 aromatic carbocycles. The van der Waals surface area contributed by atoms with Crippen LogP contribution in [0.15, 0.2) is 24.5 Å². The van der Waals surface area contributed by atoms with Crippen molar-refractivity contribution in [2.45, 2.75) is 45.4 Å². The zero-order valence-electron chi connectivity index (χ0n) is 13.1. The third-order valence-electron chi connectivity index (χ3n) is 3.42. The summed E-state index contributed by atoms with van der Waals surface area (Å²) in [4.78, 5) is 6.61. The average Bonchev–Trinajstić information content (AvgIpc) is 2.32. The van der Waals surface area contributed by atoms with Gasteiger partial charge in [-0.1, -0.05) is 6.07 Å². The van der Waals surface area contributed by atoms with E-state index in [1.165, 1.54) is 5.56 Å². The maximum atomic E-state index is 6.10. The molecule has 112 valence electrons. The molecule has 4 heteroatoms. The van der Waals surface area contributed by atoms with E-state index in [1.807, 2.05) is 12.3 Å². The minimum Gasteiger partial charge on any atom is -0.367 e. The predicted molar refractivity (Wildman–Crippen MR) is 81.6 cm³/mol. The van der Waals surface area contributed by atoms with Crippen molar-refractivity contribution >= 4 is 0 Å². The van der Waals surface area contributed by atoms with Gasteiger partial charge in [-0.05, 0) is 39.3 Å². The molecule has 0 saturated carbocycles. The first-order valence-electron chi connectivity index (χ1n) is 7.39. The van der Waals surface area contributed by atoms with Gasteiger partial charge in [-0.25, -0.2) is 0 Å². The number of hydrogen-bond acceptors (Lipinski definition) is 4. The topological polar surface area (TPSA) is 37.4 Å². The zero-order valence-corrected chi connectivity index (χ0v) is 13.1. The predicted octanol–water partition coefficient (Wildman–Crippen LogP) is 2.06. The largest absolute Gasteiger partial charge is 0.367 e. The number of morpholine rings is 1. The van der Waals surface area contributed by atoms with Crippen LogP contribution in [0.5, 0.6) is 0 Å². The number of nitrogens with one attached hydrogen (secondary N) is 1. The van der Waals surface area contributed by atoms with Crippen LogP contribution in [0.1, 0.15) is 33.3 Å². The molecule has 1 fully saturated rings. The molecule has 0 bridgehead atoms. The van der Waals surface area contributed by atoms with E-state index in [0.717, 1.165) is 32.7 Å². The van der Waals surface area contributed by atoms with Gasteiger partial charge in [-0.15, -0.1) is 0 Å². The van der Waals surface area contributed by atoms with Crippen LogP contribution in [0.3, 0.4) is 0 Å². The highest BCUT2D eigenvalue weighted by Crippen LogP contribution is 2.27. The van der Waals surface area contributed by atoms with Crippen molar-refractivity contribution in [1.82, 2.24) is 15.2 Å². The van der Waals surface area contributed by atoms with Gasteiger partial charge in [-0.2, -0.15) is 0 Å². The van der Waals surface area contributed by atoms with Gasteiger partial charge in [0.2, 0.25) is 0 Å². The standard InChI is InChI=1S/C16H27N3O/c1-15(2)12-19(13-16(3,4)20-15)9-8-18-11-14-6-5-7-17-10-14/h5-7,10,18H,8-9,11-13H2,1-4H3. The van der Waals surface area contributed by atoms with Gasteiger partial charge >= 0.3 is 0 Å². The zero-order chi connectivity index (χ0) is 14.6. The molecular weight excluding hydrogens is 250 g/mol. The molecule has 0 atom stereocenters. The van der Waals surface area contributed by atoms with Gasteiger partial charge in [0.1, 0.15) is 0 Å². The first-order valence-corrected chi connectivity index (χ1v) is 7.39. The Kier molecular flexibility index (Phi) is 4.78. The smallest absolute Gasteiger partial charge is 0.0760 e. The van der Waals surface area contributed by atoms with Crippen LogP contribution in [-0.2, 0) is 11.3 Å². The lowest BCUT2D eigenvalue weighted by Gasteiger charge is -2.47. The number of nitrogens with zero attached hydrogens (tertiary/aromatic N) is 2. The molecule has 1 N–H and O–H groups in total. The lowest BCUT2D eigenvalue weighted by atomic mass is 9.99. The van der Waals surface area contributed by atoms with E-state index in [4.69, 9.17) is 4.74 Å². The van der Waals surface area contributed by atoms with E-state index in [1.54, 1.807) is 6.20 Å². The van der Waals surface area contributed by atoms with Crippen LogP contribution in [0.25, 0.3) is 0 Å². The summed E-state index contributed by atoms with van der Waals surface area (Å²) < 4.78 is 6.10. The monoisotopic (exact) mass is 277 g/mol. The molecule has 0 radical (unpaired) electrons. The summed E-state index contributed by atoms with van der Waals surface area (Å²) in [6.07, 6.45) is 3.72. The second-order valence-electron chi connectivity index (χ2n) is 6.87. The average molecular weight is 277 g/mol. The molecule has 1 aliphatic heterocycles. The Morgan fingerprint density at radius 3 is 2.55 bits per heavy atom. The van der Waals surface area contributed by atoms with E-state index in [2.05, 4.69) is 49.0 Å². The Bertz CT molecular complexity index is 401. The summed E-state index contributed by atoms with van der Waals surface area (Å²) >= 11 is 0. The fourth-order valence-corrected chi connectivity index (χ4v) is 3.08. The molecule has 0 spiro atoms. The number of aromatic nitrogens is 1. The molecule has 1 aliphatic rings. The van der Waals surface area contributed by atoms with Crippen molar-refractivity contribution in [3.63, 3.8) is 0 Å². The molecule has 0 unspecified atom stereocenters. The highest BCUT2D eigenvalue weighted by molar-refractivity contribution is 5.07. The van der Waals surface area contributed by atoms with E-state index >= 15 is 0 Å². The molecule has 2 rings (SSSR count). The molecule has 1 aromatic heterocycles. The number of ether oxygens (including phenoxy) is 1. The van der Waals surface area contributed by atoms with E-state index < -0.39 is 0 Å². The maximum absolute atomic E-state index is 6.10. The molecular formula is C16H27N3O. The lowest BCUT2D eigenvalue weighted by Crippen LogP contribution is -2.58. The molecule has 0 aliphatic carbocycles. The third kappa shape index (κ3) is 4.85. The Hall–Kier alpha value is -0.970. The highest BCUT2D eigenvalue weighted by atomic mass is 16.5. The van der Waals surface area contributed by atoms with E-state index in [0.29, 0.717) is 0 Å². The molecule has 1 saturated heterocycles. The Morgan fingerprint density at radius 2 is 1.95 bits per heavy atom.